The number of hydrogen-bond donors (Lipinski definition) is 0. The van der Waals surface area contributed by atoms with Crippen LogP contribution >= 0.6 is 0 Å². The van der Waals surface area contributed by atoms with Gasteiger partial charge in [-0.15, -0.1) is 0 Å². The van der Waals surface area contributed by atoms with Crippen LogP contribution in [0.2, 0.25) is 0 Å². The molecule has 0 amide bonds. The zero-order valence-corrected chi connectivity index (χ0v) is 85.5. The molecule has 0 radical (unpaired) electrons. The molecule has 6 aliphatic rings. The minimum absolute atomic E-state index is 0.0840. The highest BCUT2D eigenvalue weighted by atomic mass is 15.2. The number of para-hydroxylation sites is 2. The minimum atomic E-state index is -0.329. The molecule has 4 saturated carbocycles. The lowest BCUT2D eigenvalue weighted by Gasteiger charge is -2.35. The fraction of sp³-hybridized carbons (Fsp3) is 0.382. The predicted molar refractivity (Wildman–Crippen MR) is 593 cm³/mol. The maximum atomic E-state index is 2.79. The molecule has 0 aliphatic heterocycles. The van der Waals surface area contributed by atoms with E-state index in [2.05, 4.69) is 420 Å². The van der Waals surface area contributed by atoms with Gasteiger partial charge in [-0.1, -0.05) is 465 Å². The predicted octanol–water partition coefficient (Wildman–Crippen LogP) is 40.1. The third kappa shape index (κ3) is 20.0. The summed E-state index contributed by atoms with van der Waals surface area (Å²) in [4.78, 5) is 5.03. The molecular formula is C136H154N2. The average molecular weight is 1820 g/mol. The molecule has 0 bridgehead atoms. The summed E-state index contributed by atoms with van der Waals surface area (Å²) < 4.78 is 0. The molecule has 20 rings (SSSR count). The van der Waals surface area contributed by atoms with Crippen LogP contribution in [0.15, 0.2) is 328 Å². The van der Waals surface area contributed by atoms with Crippen LogP contribution in [-0.4, -0.2) is 0 Å². The van der Waals surface area contributed by atoms with Crippen LogP contribution in [0.5, 0.6) is 0 Å². The molecule has 0 heterocycles. The van der Waals surface area contributed by atoms with Crippen molar-refractivity contribution in [3.05, 3.63) is 394 Å². The van der Waals surface area contributed by atoms with Gasteiger partial charge in [0.1, 0.15) is 0 Å². The van der Waals surface area contributed by atoms with E-state index in [0.29, 0.717) is 23.7 Å². The lowest BCUT2D eigenvalue weighted by atomic mass is 9.70. The number of rotatable bonds is 20. The Kier molecular flexibility index (Phi) is 29.4. The highest BCUT2D eigenvalue weighted by Crippen LogP contribution is 2.59. The molecule has 0 spiro atoms. The first-order chi connectivity index (χ1) is 67.3. The van der Waals surface area contributed by atoms with Crippen molar-refractivity contribution in [1.82, 2.24) is 0 Å². The van der Waals surface area contributed by atoms with E-state index in [-0.39, 0.29) is 21.7 Å². The van der Waals surface area contributed by atoms with E-state index in [0.717, 1.165) is 40.7 Å². The van der Waals surface area contributed by atoms with Gasteiger partial charge in [0.15, 0.2) is 0 Å². The van der Waals surface area contributed by atoms with Gasteiger partial charge < -0.3 is 9.80 Å². The lowest BCUT2D eigenvalue weighted by Crippen LogP contribution is -2.23. The van der Waals surface area contributed by atoms with E-state index in [4.69, 9.17) is 0 Å². The number of anilines is 6. The Hall–Kier alpha value is -11.3. The highest BCUT2D eigenvalue weighted by Gasteiger charge is 2.44. The van der Waals surface area contributed by atoms with E-state index in [1.165, 1.54) is 314 Å². The third-order valence-electron chi connectivity index (χ3n) is 34.7. The molecule has 708 valence electrons. The maximum Gasteiger partial charge on any atom is 0.0540 e. The summed E-state index contributed by atoms with van der Waals surface area (Å²) in [6.07, 6.45) is 38.4. The quantitative estimate of drug-likeness (QED) is 0.0750. The van der Waals surface area contributed by atoms with Crippen molar-refractivity contribution in [2.75, 3.05) is 9.80 Å². The second kappa shape index (κ2) is 42.4. The van der Waals surface area contributed by atoms with E-state index in [1.807, 2.05) is 5.56 Å². The van der Waals surface area contributed by atoms with E-state index >= 15 is 0 Å². The van der Waals surface area contributed by atoms with Crippen molar-refractivity contribution < 1.29 is 0 Å². The third-order valence-corrected chi connectivity index (χ3v) is 34.7. The van der Waals surface area contributed by atoms with Crippen LogP contribution in [0.3, 0.4) is 0 Å². The van der Waals surface area contributed by atoms with Gasteiger partial charge >= 0.3 is 0 Å². The normalized spacial score (nSPS) is 21.8. The zero-order chi connectivity index (χ0) is 95.1. The first-order valence-electron chi connectivity index (χ1n) is 54.4. The topological polar surface area (TPSA) is 6.48 Å². The molecule has 2 heteroatoms. The molecule has 6 aliphatic carbocycles. The average Bonchev–Trinajstić information content (AvgIpc) is 1.56. The second-order valence-corrected chi connectivity index (χ2v) is 45.0. The maximum absolute atomic E-state index is 2.79. The number of fused-ring (bicyclic) bond motifs is 6. The molecule has 0 saturated heterocycles. The summed E-state index contributed by atoms with van der Waals surface area (Å²) in [5, 5.41) is 0. The molecule has 4 fully saturated rings. The largest absolute Gasteiger partial charge is 0.310 e. The Bertz CT molecular complexity index is 6330. The van der Waals surface area contributed by atoms with Crippen LogP contribution in [-0.2, 0) is 21.7 Å². The van der Waals surface area contributed by atoms with Crippen molar-refractivity contribution >= 4 is 34.1 Å². The molecule has 14 aromatic rings. The smallest absolute Gasteiger partial charge is 0.0540 e. The fourth-order valence-electron chi connectivity index (χ4n) is 26.2. The van der Waals surface area contributed by atoms with Crippen molar-refractivity contribution in [1.29, 1.82) is 0 Å². The summed E-state index contributed by atoms with van der Waals surface area (Å²) in [6, 6.07) is 126. The van der Waals surface area contributed by atoms with Gasteiger partial charge in [-0.3, -0.25) is 0 Å². The Labute approximate surface area is 831 Å². The number of benzene rings is 14. The van der Waals surface area contributed by atoms with E-state index in [1.54, 1.807) is 11.1 Å². The SMILES string of the molecule is CCC1CCCC(c2cc(-c3ccc(N(c4ccc5c(c4)C(C)(c4ccc(C(C)(C)C)cc4)c4ccccc4-5)c4ccccc4-c4ccccc4)cc3)cc(C3CCCC(CC)CCC3)c2C2CCCC(CC)CCC2)CCC1.CCC1CCCC(c2ccc(-c3ccc(N(c4ccc5c(c4)C(C)(c4ccc(C(C)(C)C)cc4)c4ccccc4-5)c4ccccc4-c4ccccc4)cc3)cc2)CCC1. The molecule has 2 nitrogen and oxygen atoms in total. The van der Waals surface area contributed by atoms with Gasteiger partial charge in [0.25, 0.3) is 0 Å². The van der Waals surface area contributed by atoms with Crippen LogP contribution in [0.4, 0.5) is 34.1 Å². The Morgan fingerprint density at radius 2 is 0.529 bits per heavy atom. The Morgan fingerprint density at radius 1 is 0.239 bits per heavy atom. The van der Waals surface area contributed by atoms with Crippen LogP contribution in [0, 0.1) is 23.7 Å². The van der Waals surface area contributed by atoms with Gasteiger partial charge in [0, 0.05) is 44.7 Å². The van der Waals surface area contributed by atoms with Gasteiger partial charge in [-0.25, -0.2) is 0 Å². The fourth-order valence-corrected chi connectivity index (χ4v) is 26.2. The molecule has 0 aromatic heterocycles. The standard InChI is InChI=1S/C78H95N.C58H59N/c1-8-55-24-18-32-60(33-19-25-55)71-52-63(53-72(61-34-20-26-56(9-2)27-21-35-61)76(71)62-36-22-28-57(10-3)29-23-37-62)58-42-48-66(49-43-58)79(75-41-17-15-38-68(75)59-30-12-11-13-31-59)67-50-51-70-69-39-14-16-40-73(69)78(7,74(70)54-67)65-46-44-64(45-47-65)77(4,5)6;1-6-41-16-14-20-42(21-15-17-41)43-26-28-44(29-27-43)45-30-36-49(37-31-45)59(56-25-13-11-22-51(56)46-18-8-7-9-19-46)50-38-39-53-52-23-10-12-24-54(52)58(5,55(53)40-50)48-34-32-47(33-35-48)57(2,3)4/h11-17,30-31,38-57,60-62H,8-10,18-29,32-37H2,1-7H3;7-13,18-19,22-42H,6,14-17,20-21H2,1-5H3. The minimum Gasteiger partial charge on any atom is -0.310 e. The molecule has 14 aromatic carbocycles. The number of nitrogens with zero attached hydrogens (tertiary/aromatic N) is 2. The Morgan fingerprint density at radius 3 is 0.877 bits per heavy atom. The van der Waals surface area contributed by atoms with Gasteiger partial charge in [0.2, 0.25) is 0 Å². The first-order valence-corrected chi connectivity index (χ1v) is 54.4. The summed E-state index contributed by atoms with van der Waals surface area (Å²) in [5.74, 6) is 6.33. The van der Waals surface area contributed by atoms with E-state index < -0.39 is 0 Å². The summed E-state index contributed by atoms with van der Waals surface area (Å²) in [5.41, 5.74) is 39.8. The molecule has 2 unspecified atom stereocenters. The Balaban J connectivity index is 0.000000184. The summed E-state index contributed by atoms with van der Waals surface area (Å²) in [7, 11) is 0. The molecule has 0 N–H and O–H groups in total. The van der Waals surface area contributed by atoms with Crippen molar-refractivity contribution in [2.24, 2.45) is 23.7 Å². The summed E-state index contributed by atoms with van der Waals surface area (Å²) in [6.45, 7) is 28.4. The van der Waals surface area contributed by atoms with Crippen molar-refractivity contribution in [2.45, 2.75) is 308 Å². The monoisotopic (exact) mass is 1820 g/mol. The van der Waals surface area contributed by atoms with E-state index in [9.17, 15) is 0 Å². The first kappa shape index (κ1) is 95.6. The zero-order valence-electron chi connectivity index (χ0n) is 85.5. The highest BCUT2D eigenvalue weighted by molar-refractivity contribution is 5.94. The molecular weight excluding hydrogens is 1660 g/mol. The van der Waals surface area contributed by atoms with Gasteiger partial charge in [-0.05, 0) is 306 Å². The molecule has 2 atom stereocenters. The lowest BCUT2D eigenvalue weighted by molar-refractivity contribution is 0.334. The van der Waals surface area contributed by atoms with Gasteiger partial charge in [-0.2, -0.15) is 0 Å². The van der Waals surface area contributed by atoms with Crippen molar-refractivity contribution in [3.63, 3.8) is 0 Å². The molecule has 138 heavy (non-hydrogen) atoms. The van der Waals surface area contributed by atoms with Gasteiger partial charge in [0.05, 0.1) is 11.4 Å². The summed E-state index contributed by atoms with van der Waals surface area (Å²) >= 11 is 0. The second-order valence-electron chi connectivity index (χ2n) is 45.0. The van der Waals surface area contributed by atoms with Crippen LogP contribution in [0.25, 0.3) is 66.8 Å². The number of hydrogen-bond acceptors (Lipinski definition) is 2. The van der Waals surface area contributed by atoms with Crippen LogP contribution in [0.1, 0.15) is 353 Å². The van der Waals surface area contributed by atoms with Crippen LogP contribution < -0.4 is 9.80 Å². The van der Waals surface area contributed by atoms with Crippen molar-refractivity contribution in [3.8, 4) is 66.8 Å².